The van der Waals surface area contributed by atoms with E-state index >= 15 is 0 Å². The Hall–Kier alpha value is -0.980. The first-order valence-corrected chi connectivity index (χ1v) is 2.78. The van der Waals surface area contributed by atoms with Crippen molar-refractivity contribution in [2.45, 2.75) is 0 Å². The van der Waals surface area contributed by atoms with E-state index in [2.05, 4.69) is 35.5 Å². The monoisotopic (exact) mass is 137 g/mol. The van der Waals surface area contributed by atoms with Gasteiger partial charge in [-0.2, -0.15) is 4.99 Å². The third-order valence-electron chi connectivity index (χ3n) is 0.614. The van der Waals surface area contributed by atoms with E-state index in [4.69, 9.17) is 0 Å². The average molecular weight is 137 g/mol. The van der Waals surface area contributed by atoms with Crippen LogP contribution in [0, 0.1) is 0 Å². The SMILES string of the molecule is C=C/C=C\C(=C)N=C=S. The molecule has 0 heterocycles. The predicted octanol–water partition coefficient (Wildman–Crippen LogP) is 2.35. The third kappa shape index (κ3) is 4.88. The number of isothiocyanates is 1. The molecule has 46 valence electrons. The minimum absolute atomic E-state index is 0.588. The Morgan fingerprint density at radius 3 is 2.78 bits per heavy atom. The van der Waals surface area contributed by atoms with Crippen LogP contribution in [0.25, 0.3) is 0 Å². The van der Waals surface area contributed by atoms with E-state index < -0.39 is 0 Å². The van der Waals surface area contributed by atoms with E-state index in [0.717, 1.165) is 0 Å². The Kier molecular flexibility index (Phi) is 4.60. The van der Waals surface area contributed by atoms with E-state index in [9.17, 15) is 0 Å². The van der Waals surface area contributed by atoms with Crippen molar-refractivity contribution in [2.75, 3.05) is 0 Å². The van der Waals surface area contributed by atoms with Crippen molar-refractivity contribution < 1.29 is 0 Å². The average Bonchev–Trinajstić information content (AvgIpc) is 1.85. The molecule has 1 nitrogen and oxygen atoms in total. The summed E-state index contributed by atoms with van der Waals surface area (Å²) in [7, 11) is 0. The second-order valence-electron chi connectivity index (χ2n) is 1.29. The number of nitrogens with zero attached hydrogens (tertiary/aromatic N) is 1. The maximum Gasteiger partial charge on any atom is 0.0667 e. The highest BCUT2D eigenvalue weighted by Crippen LogP contribution is 1.91. The van der Waals surface area contributed by atoms with Crippen LogP contribution in [0.4, 0.5) is 0 Å². The Morgan fingerprint density at radius 1 is 1.67 bits per heavy atom. The summed E-state index contributed by atoms with van der Waals surface area (Å²) in [4.78, 5) is 3.60. The largest absolute Gasteiger partial charge is 0.195 e. The first kappa shape index (κ1) is 8.02. The quantitative estimate of drug-likeness (QED) is 0.330. The summed E-state index contributed by atoms with van der Waals surface area (Å²) in [6.07, 6.45) is 5.08. The summed E-state index contributed by atoms with van der Waals surface area (Å²) in [5.74, 6) is 0. The lowest BCUT2D eigenvalue weighted by Gasteiger charge is -1.79. The molecule has 0 N–H and O–H groups in total. The number of rotatable bonds is 3. The van der Waals surface area contributed by atoms with Crippen molar-refractivity contribution in [3.63, 3.8) is 0 Å². The highest BCUT2D eigenvalue weighted by Gasteiger charge is 1.74. The van der Waals surface area contributed by atoms with E-state index in [1.165, 1.54) is 0 Å². The van der Waals surface area contributed by atoms with Crippen LogP contribution < -0.4 is 0 Å². The van der Waals surface area contributed by atoms with Crippen LogP contribution in [0.3, 0.4) is 0 Å². The van der Waals surface area contributed by atoms with E-state index in [0.29, 0.717) is 5.70 Å². The van der Waals surface area contributed by atoms with Crippen molar-refractivity contribution in [3.05, 3.63) is 37.1 Å². The predicted molar refractivity (Wildman–Crippen MR) is 43.5 cm³/mol. The Morgan fingerprint density at radius 2 is 2.33 bits per heavy atom. The summed E-state index contributed by atoms with van der Waals surface area (Å²) in [6, 6.07) is 0. The van der Waals surface area contributed by atoms with Gasteiger partial charge in [0.05, 0.1) is 10.9 Å². The second kappa shape index (κ2) is 5.16. The molecule has 0 aliphatic heterocycles. The molecule has 0 unspecified atom stereocenters. The van der Waals surface area contributed by atoms with Crippen molar-refractivity contribution >= 4 is 17.4 Å². The fourth-order valence-corrected chi connectivity index (χ4v) is 0.392. The summed E-state index contributed by atoms with van der Waals surface area (Å²) < 4.78 is 0. The van der Waals surface area contributed by atoms with E-state index in [-0.39, 0.29) is 0 Å². The molecular weight excluding hydrogens is 130 g/mol. The van der Waals surface area contributed by atoms with Gasteiger partial charge < -0.3 is 0 Å². The molecule has 0 rings (SSSR count). The smallest absolute Gasteiger partial charge is 0.0667 e. The maximum absolute atomic E-state index is 4.34. The summed E-state index contributed by atoms with van der Waals surface area (Å²) in [5, 5.41) is 2.20. The van der Waals surface area contributed by atoms with Gasteiger partial charge in [-0.3, -0.25) is 0 Å². The number of allylic oxidation sites excluding steroid dienone is 3. The Balaban J connectivity index is 3.91. The molecule has 0 fully saturated rings. The van der Waals surface area contributed by atoms with Crippen LogP contribution in [0.15, 0.2) is 42.1 Å². The van der Waals surface area contributed by atoms with Crippen LogP contribution >= 0.6 is 12.2 Å². The maximum atomic E-state index is 4.34. The van der Waals surface area contributed by atoms with Gasteiger partial charge in [0.1, 0.15) is 0 Å². The second-order valence-corrected chi connectivity index (χ2v) is 1.47. The summed E-state index contributed by atoms with van der Waals surface area (Å²) in [6.45, 7) is 7.03. The van der Waals surface area contributed by atoms with Gasteiger partial charge in [0.15, 0.2) is 0 Å². The van der Waals surface area contributed by atoms with E-state index in [1.807, 2.05) is 0 Å². The molecular formula is C7H7NS. The van der Waals surface area contributed by atoms with Gasteiger partial charge in [0, 0.05) is 0 Å². The molecule has 0 aliphatic carbocycles. The molecule has 0 aromatic carbocycles. The van der Waals surface area contributed by atoms with Gasteiger partial charge in [-0.05, 0) is 18.3 Å². The molecule has 0 bridgehead atoms. The molecule has 0 aromatic heterocycles. The summed E-state index contributed by atoms with van der Waals surface area (Å²) >= 11 is 4.34. The van der Waals surface area contributed by atoms with Gasteiger partial charge in [-0.1, -0.05) is 25.3 Å². The number of aliphatic imine (C=N–C) groups is 1. The fraction of sp³-hybridized carbons (Fsp3) is 0. The lowest BCUT2D eigenvalue weighted by Crippen LogP contribution is -1.62. The Bertz CT molecular complexity index is 185. The van der Waals surface area contributed by atoms with Crippen molar-refractivity contribution in [1.29, 1.82) is 0 Å². The van der Waals surface area contributed by atoms with Crippen molar-refractivity contribution in [2.24, 2.45) is 4.99 Å². The van der Waals surface area contributed by atoms with Gasteiger partial charge in [-0.25, -0.2) is 0 Å². The molecule has 0 radical (unpaired) electrons. The van der Waals surface area contributed by atoms with Gasteiger partial charge in [-0.15, -0.1) is 0 Å². The molecule has 0 amide bonds. The highest BCUT2D eigenvalue weighted by atomic mass is 32.1. The molecule has 0 saturated carbocycles. The molecule has 0 saturated heterocycles. The molecule has 0 aliphatic rings. The first-order chi connectivity index (χ1) is 4.31. The zero-order valence-electron chi connectivity index (χ0n) is 5.00. The van der Waals surface area contributed by atoms with Crippen LogP contribution in [0.1, 0.15) is 0 Å². The number of thiocarbonyl (C=S) groups is 1. The lowest BCUT2D eigenvalue weighted by molar-refractivity contribution is 1.47. The molecule has 2 heteroatoms. The number of hydrogen-bond acceptors (Lipinski definition) is 2. The topological polar surface area (TPSA) is 12.4 Å². The van der Waals surface area contributed by atoms with Crippen molar-refractivity contribution in [1.82, 2.24) is 0 Å². The minimum atomic E-state index is 0.588. The molecule has 0 aromatic rings. The standard InChI is InChI=1S/C7H7NS/c1-3-4-5-7(2)8-6-9/h3-5H,1-2H2/b5-4-. The minimum Gasteiger partial charge on any atom is -0.195 e. The third-order valence-corrected chi connectivity index (χ3v) is 0.705. The molecule has 9 heavy (non-hydrogen) atoms. The normalized spacial score (nSPS) is 8.44. The fourth-order valence-electron chi connectivity index (χ4n) is 0.275. The van der Waals surface area contributed by atoms with Gasteiger partial charge in [0.25, 0.3) is 0 Å². The van der Waals surface area contributed by atoms with Crippen LogP contribution in [0.5, 0.6) is 0 Å². The summed E-state index contributed by atoms with van der Waals surface area (Å²) in [5.41, 5.74) is 0.588. The molecule has 0 spiro atoms. The zero-order valence-corrected chi connectivity index (χ0v) is 5.82. The first-order valence-electron chi connectivity index (χ1n) is 2.37. The Labute approximate surface area is 60.1 Å². The lowest BCUT2D eigenvalue weighted by atomic mass is 10.4. The van der Waals surface area contributed by atoms with Crippen LogP contribution in [0.2, 0.25) is 0 Å². The van der Waals surface area contributed by atoms with Crippen molar-refractivity contribution in [3.8, 4) is 0 Å². The van der Waals surface area contributed by atoms with Crippen LogP contribution in [-0.4, -0.2) is 5.16 Å². The highest BCUT2D eigenvalue weighted by molar-refractivity contribution is 7.78. The van der Waals surface area contributed by atoms with Gasteiger partial charge in [0.2, 0.25) is 0 Å². The number of hydrogen-bond donors (Lipinski definition) is 0. The van der Waals surface area contributed by atoms with E-state index in [1.54, 1.807) is 18.2 Å². The molecule has 0 atom stereocenters. The van der Waals surface area contributed by atoms with Crippen LogP contribution in [-0.2, 0) is 0 Å². The zero-order chi connectivity index (χ0) is 7.11. The van der Waals surface area contributed by atoms with Gasteiger partial charge >= 0.3 is 0 Å².